The van der Waals surface area contributed by atoms with Crippen molar-refractivity contribution in [2.75, 3.05) is 32.2 Å². The van der Waals surface area contributed by atoms with Crippen LogP contribution in [0.15, 0.2) is 30.6 Å². The Bertz CT molecular complexity index is 1060. The smallest absolute Gasteiger partial charge is 0.321 e. The van der Waals surface area contributed by atoms with Gasteiger partial charge in [-0.15, -0.1) is 0 Å². The molecule has 1 aliphatic carbocycles. The van der Waals surface area contributed by atoms with Crippen molar-refractivity contribution in [3.8, 4) is 17.6 Å². The molecule has 5 rings (SSSR count). The number of methoxy groups -OCH3 is 2. The summed E-state index contributed by atoms with van der Waals surface area (Å²) in [4.78, 5) is 15.3. The van der Waals surface area contributed by atoms with Crippen molar-refractivity contribution in [3.05, 3.63) is 30.6 Å². The van der Waals surface area contributed by atoms with Gasteiger partial charge in [0.25, 0.3) is 0 Å². The lowest BCUT2D eigenvalue weighted by Crippen LogP contribution is -2.42. The Morgan fingerprint density at radius 1 is 1.03 bits per heavy atom. The van der Waals surface area contributed by atoms with Crippen LogP contribution in [0.3, 0.4) is 0 Å². The first-order valence-corrected chi connectivity index (χ1v) is 10.5. The molecule has 0 spiro atoms. The van der Waals surface area contributed by atoms with Crippen LogP contribution in [-0.2, 0) is 7.05 Å². The second kappa shape index (κ2) is 7.88. The minimum atomic E-state index is -0.505. The van der Waals surface area contributed by atoms with E-state index in [1.165, 1.54) is 0 Å². The zero-order valence-corrected chi connectivity index (χ0v) is 17.9. The maximum absolute atomic E-state index is 10.8. The highest BCUT2D eigenvalue weighted by atomic mass is 16.5. The van der Waals surface area contributed by atoms with E-state index in [1.54, 1.807) is 20.5 Å². The van der Waals surface area contributed by atoms with Gasteiger partial charge in [0.1, 0.15) is 17.7 Å². The molecule has 2 aromatic heterocycles. The predicted octanol–water partition coefficient (Wildman–Crippen LogP) is 2.04. The molecule has 4 atom stereocenters. The van der Waals surface area contributed by atoms with E-state index in [1.807, 2.05) is 35.9 Å². The largest absolute Gasteiger partial charge is 0.488 e. The Balaban J connectivity index is 1.30. The first kappa shape index (κ1) is 19.9. The third-order valence-corrected chi connectivity index (χ3v) is 6.45. The highest BCUT2D eigenvalue weighted by Gasteiger charge is 2.43. The topological polar surface area (TPSA) is 94.8 Å². The van der Waals surface area contributed by atoms with Gasteiger partial charge in [-0.25, -0.2) is 4.98 Å². The summed E-state index contributed by atoms with van der Waals surface area (Å²) in [5.41, 5.74) is 1.95. The maximum atomic E-state index is 10.8. The number of aryl methyl sites for hydroxylation is 1. The van der Waals surface area contributed by atoms with E-state index < -0.39 is 6.10 Å². The summed E-state index contributed by atoms with van der Waals surface area (Å²) in [6.07, 6.45) is 2.55. The van der Waals surface area contributed by atoms with Crippen LogP contribution >= 0.6 is 0 Å². The van der Waals surface area contributed by atoms with Crippen LogP contribution in [0.2, 0.25) is 0 Å². The van der Waals surface area contributed by atoms with Gasteiger partial charge in [-0.05, 0) is 36.8 Å². The highest BCUT2D eigenvalue weighted by Crippen LogP contribution is 2.40. The lowest BCUT2D eigenvalue weighted by atomic mass is 9.78. The van der Waals surface area contributed by atoms with Gasteiger partial charge >= 0.3 is 6.01 Å². The minimum absolute atomic E-state index is 0.239. The first-order valence-electron chi connectivity index (χ1n) is 10.5. The molecule has 1 aromatic carbocycles. The fourth-order valence-corrected chi connectivity index (χ4v) is 4.82. The second-order valence-electron chi connectivity index (χ2n) is 8.38. The Kier molecular flexibility index (Phi) is 5.05. The summed E-state index contributed by atoms with van der Waals surface area (Å²) in [6.45, 7) is 1.68. The number of hydrogen-bond acceptors (Lipinski definition) is 8. The molecule has 0 amide bonds. The number of ether oxygens (including phenoxy) is 3. The van der Waals surface area contributed by atoms with Crippen LogP contribution in [0.4, 0.5) is 5.82 Å². The number of aliphatic hydroxyl groups is 1. The average molecular weight is 425 g/mol. The monoisotopic (exact) mass is 425 g/mol. The van der Waals surface area contributed by atoms with Crippen LogP contribution in [0.25, 0.3) is 11.0 Å². The van der Waals surface area contributed by atoms with E-state index in [2.05, 4.69) is 19.9 Å². The standard InChI is InChI=1S/C22H27N5O4/c1-26-12-23-16-8-15(4-5-17(16)26)31-19-7-14-11-27(10-13(14)6-18(19)28)20-9-21(29-2)25-22(24-20)30-3/h4-5,8-9,12-14,18-19,28H,6-7,10-11H2,1-3H3/t13-,14+,18+,19+/m0/s1. The number of benzene rings is 1. The number of hydrogen-bond donors (Lipinski definition) is 1. The van der Waals surface area contributed by atoms with E-state index >= 15 is 0 Å². The minimum Gasteiger partial charge on any atom is -0.488 e. The van der Waals surface area contributed by atoms with E-state index in [-0.39, 0.29) is 12.1 Å². The second-order valence-corrected chi connectivity index (χ2v) is 8.38. The Labute approximate surface area is 180 Å². The summed E-state index contributed by atoms with van der Waals surface area (Å²) in [6, 6.07) is 8.00. The van der Waals surface area contributed by atoms with Gasteiger partial charge in [0.15, 0.2) is 0 Å². The third-order valence-electron chi connectivity index (χ3n) is 6.45. The number of aromatic nitrogens is 4. The zero-order valence-electron chi connectivity index (χ0n) is 17.9. The molecule has 1 N–H and O–H groups in total. The molecular formula is C22H27N5O4. The van der Waals surface area contributed by atoms with Crippen molar-refractivity contribution in [1.82, 2.24) is 19.5 Å². The van der Waals surface area contributed by atoms with Crippen LogP contribution in [0, 0.1) is 11.8 Å². The number of nitrogens with zero attached hydrogens (tertiary/aromatic N) is 5. The molecule has 2 fully saturated rings. The predicted molar refractivity (Wildman–Crippen MR) is 115 cm³/mol. The van der Waals surface area contributed by atoms with Crippen LogP contribution < -0.4 is 19.1 Å². The average Bonchev–Trinajstić information content (AvgIpc) is 3.36. The normalized spacial score (nSPS) is 25.5. The van der Waals surface area contributed by atoms with E-state index in [0.29, 0.717) is 24.1 Å². The van der Waals surface area contributed by atoms with E-state index in [4.69, 9.17) is 14.2 Å². The van der Waals surface area contributed by atoms with Gasteiger partial charge in [-0.3, -0.25) is 0 Å². The van der Waals surface area contributed by atoms with E-state index in [0.717, 1.165) is 42.1 Å². The lowest BCUT2D eigenvalue weighted by Gasteiger charge is -2.35. The van der Waals surface area contributed by atoms with E-state index in [9.17, 15) is 5.11 Å². The molecule has 9 nitrogen and oxygen atoms in total. The fourth-order valence-electron chi connectivity index (χ4n) is 4.82. The summed E-state index contributed by atoms with van der Waals surface area (Å²) >= 11 is 0. The zero-order chi connectivity index (χ0) is 21.5. The fraction of sp³-hybridized carbons (Fsp3) is 0.500. The number of fused-ring (bicyclic) bond motifs is 2. The van der Waals surface area contributed by atoms with Gasteiger partial charge < -0.3 is 28.8 Å². The number of imidazole rings is 1. The first-order chi connectivity index (χ1) is 15.0. The lowest BCUT2D eigenvalue weighted by molar-refractivity contribution is -0.0230. The maximum Gasteiger partial charge on any atom is 0.321 e. The Hall–Kier alpha value is -3.07. The Morgan fingerprint density at radius 2 is 1.84 bits per heavy atom. The van der Waals surface area contributed by atoms with Crippen molar-refractivity contribution >= 4 is 16.9 Å². The highest BCUT2D eigenvalue weighted by molar-refractivity contribution is 5.76. The van der Waals surface area contributed by atoms with Crippen molar-refractivity contribution in [3.63, 3.8) is 0 Å². The molecule has 3 aromatic rings. The van der Waals surface area contributed by atoms with Crippen molar-refractivity contribution in [1.29, 1.82) is 0 Å². The van der Waals surface area contributed by atoms with Crippen LogP contribution in [0.5, 0.6) is 17.6 Å². The SMILES string of the molecule is COc1cc(N2C[C@H]3C[C@@H](Oc4ccc5c(c4)ncn5C)[C@H](O)C[C@H]3C2)nc(OC)n1. The molecule has 3 heterocycles. The Morgan fingerprint density at radius 3 is 2.61 bits per heavy atom. The summed E-state index contributed by atoms with van der Waals surface area (Å²) in [5.74, 6) is 2.81. The summed E-state index contributed by atoms with van der Waals surface area (Å²) in [7, 11) is 5.09. The molecule has 1 aliphatic heterocycles. The molecule has 9 heteroatoms. The molecule has 2 aliphatic rings. The van der Waals surface area contributed by atoms with Gasteiger partial charge in [0.2, 0.25) is 5.88 Å². The van der Waals surface area contributed by atoms with Crippen molar-refractivity contribution < 1.29 is 19.3 Å². The van der Waals surface area contributed by atoms with Crippen molar-refractivity contribution in [2.45, 2.75) is 25.0 Å². The summed E-state index contributed by atoms with van der Waals surface area (Å²) < 4.78 is 18.7. The van der Waals surface area contributed by atoms with Gasteiger partial charge in [-0.2, -0.15) is 9.97 Å². The molecular weight excluding hydrogens is 398 g/mol. The molecule has 31 heavy (non-hydrogen) atoms. The van der Waals surface area contributed by atoms with Gasteiger partial charge in [-0.1, -0.05) is 0 Å². The molecule has 0 unspecified atom stereocenters. The van der Waals surface area contributed by atoms with Crippen LogP contribution in [-0.4, -0.2) is 64.1 Å². The molecule has 0 radical (unpaired) electrons. The molecule has 1 saturated heterocycles. The number of aliphatic hydroxyl groups excluding tert-OH is 1. The molecule has 164 valence electrons. The van der Waals surface area contributed by atoms with Crippen molar-refractivity contribution in [2.24, 2.45) is 18.9 Å². The third kappa shape index (κ3) is 3.74. The quantitative estimate of drug-likeness (QED) is 0.664. The number of rotatable bonds is 5. The van der Waals surface area contributed by atoms with Crippen LogP contribution in [0.1, 0.15) is 12.8 Å². The van der Waals surface area contributed by atoms with Gasteiger partial charge in [0, 0.05) is 32.3 Å². The summed E-state index contributed by atoms with van der Waals surface area (Å²) in [5, 5.41) is 10.8. The molecule has 1 saturated carbocycles. The molecule has 0 bridgehead atoms. The van der Waals surface area contributed by atoms with Gasteiger partial charge in [0.05, 0.1) is 37.7 Å². The number of anilines is 1.